The number of piperidine rings is 2. The van der Waals surface area contributed by atoms with Gasteiger partial charge in [0, 0.05) is 43.6 Å². The SMILES string of the molecule is Cc1nc2ccccc2n1C1CC2CCC(C1)N2CCC1(c2ccccc2)CCN(C(=O)c2cnccn2)CC1. The van der Waals surface area contributed by atoms with E-state index >= 15 is 0 Å². The Morgan fingerprint density at radius 2 is 1.65 bits per heavy atom. The fraction of sp³-hybridized carbons (Fsp3) is 0.455. The van der Waals surface area contributed by atoms with Crippen LogP contribution in [0.3, 0.4) is 0 Å². The van der Waals surface area contributed by atoms with Gasteiger partial charge >= 0.3 is 0 Å². The predicted octanol–water partition coefficient (Wildman–Crippen LogP) is 5.57. The van der Waals surface area contributed by atoms with E-state index in [0.29, 0.717) is 23.8 Å². The Morgan fingerprint density at radius 1 is 0.925 bits per heavy atom. The Hall–Kier alpha value is -3.58. The van der Waals surface area contributed by atoms with Crippen LogP contribution in [0.1, 0.15) is 72.9 Å². The Morgan fingerprint density at radius 3 is 2.38 bits per heavy atom. The molecule has 7 nitrogen and oxygen atoms in total. The van der Waals surface area contributed by atoms with E-state index in [0.717, 1.165) is 50.2 Å². The average molecular weight is 535 g/mol. The van der Waals surface area contributed by atoms with Crippen molar-refractivity contribution in [3.05, 3.63) is 90.3 Å². The summed E-state index contributed by atoms with van der Waals surface area (Å²) in [6.07, 6.45) is 12.9. The molecule has 0 aliphatic carbocycles. The second kappa shape index (κ2) is 10.4. The Labute approximate surface area is 236 Å². The van der Waals surface area contributed by atoms with Crippen LogP contribution in [-0.4, -0.2) is 66.9 Å². The highest BCUT2D eigenvalue weighted by Crippen LogP contribution is 2.45. The fourth-order valence-electron chi connectivity index (χ4n) is 7.97. The minimum atomic E-state index is -0.00259. The van der Waals surface area contributed by atoms with Crippen molar-refractivity contribution < 1.29 is 4.79 Å². The summed E-state index contributed by atoms with van der Waals surface area (Å²) in [5.41, 5.74) is 4.35. The van der Waals surface area contributed by atoms with Crippen molar-refractivity contribution in [2.24, 2.45) is 0 Å². The summed E-state index contributed by atoms with van der Waals surface area (Å²) >= 11 is 0. The number of aromatic nitrogens is 4. The van der Waals surface area contributed by atoms with Gasteiger partial charge in [-0.3, -0.25) is 14.7 Å². The molecule has 3 aliphatic heterocycles. The number of rotatable bonds is 6. The average Bonchev–Trinajstić information content (AvgIpc) is 3.47. The molecule has 2 aromatic heterocycles. The lowest BCUT2D eigenvalue weighted by molar-refractivity contribution is 0.0601. The van der Waals surface area contributed by atoms with Gasteiger partial charge in [-0.15, -0.1) is 0 Å². The molecule has 0 saturated carbocycles. The number of para-hydroxylation sites is 2. The molecule has 4 aromatic rings. The minimum Gasteiger partial charge on any atom is -0.337 e. The topological polar surface area (TPSA) is 67.2 Å². The van der Waals surface area contributed by atoms with Crippen molar-refractivity contribution >= 4 is 16.9 Å². The lowest BCUT2D eigenvalue weighted by atomic mass is 9.70. The van der Waals surface area contributed by atoms with Crippen molar-refractivity contribution in [1.82, 2.24) is 29.3 Å². The Kier molecular flexibility index (Phi) is 6.62. The van der Waals surface area contributed by atoms with E-state index in [2.05, 4.69) is 81.0 Å². The van der Waals surface area contributed by atoms with Crippen molar-refractivity contribution in [3.8, 4) is 0 Å². The van der Waals surface area contributed by atoms with Gasteiger partial charge in [0.2, 0.25) is 0 Å². The summed E-state index contributed by atoms with van der Waals surface area (Å²) in [7, 11) is 0. The number of likely N-dealkylation sites (tertiary alicyclic amines) is 1. The summed E-state index contributed by atoms with van der Waals surface area (Å²) in [5, 5.41) is 0. The second-order valence-corrected chi connectivity index (χ2v) is 12.0. The third kappa shape index (κ3) is 4.50. The summed E-state index contributed by atoms with van der Waals surface area (Å²) in [6.45, 7) is 4.80. The molecule has 5 heterocycles. The Bertz CT molecular complexity index is 1460. The smallest absolute Gasteiger partial charge is 0.274 e. The molecule has 2 unspecified atom stereocenters. The van der Waals surface area contributed by atoms with Gasteiger partial charge in [0.15, 0.2) is 0 Å². The van der Waals surface area contributed by atoms with Crippen LogP contribution < -0.4 is 0 Å². The first kappa shape index (κ1) is 25.4. The molecular weight excluding hydrogens is 496 g/mol. The van der Waals surface area contributed by atoms with Gasteiger partial charge in [-0.25, -0.2) is 9.97 Å². The predicted molar refractivity (Wildman–Crippen MR) is 156 cm³/mol. The van der Waals surface area contributed by atoms with Gasteiger partial charge in [0.05, 0.1) is 17.2 Å². The number of imidazole rings is 1. The minimum absolute atomic E-state index is 0.00259. The van der Waals surface area contributed by atoms with Gasteiger partial charge in [0.1, 0.15) is 11.5 Å². The normalized spacial score (nSPS) is 24.4. The summed E-state index contributed by atoms with van der Waals surface area (Å²) in [5.74, 6) is 1.14. The number of benzene rings is 2. The van der Waals surface area contributed by atoms with Gasteiger partial charge < -0.3 is 9.47 Å². The van der Waals surface area contributed by atoms with Crippen LogP contribution in [0.2, 0.25) is 0 Å². The number of nitrogens with zero attached hydrogens (tertiary/aromatic N) is 6. The van der Waals surface area contributed by atoms with Crippen LogP contribution in [0.4, 0.5) is 0 Å². The second-order valence-electron chi connectivity index (χ2n) is 12.0. The van der Waals surface area contributed by atoms with E-state index in [-0.39, 0.29) is 11.3 Å². The summed E-state index contributed by atoms with van der Waals surface area (Å²) in [6, 6.07) is 21.4. The van der Waals surface area contributed by atoms with Crippen molar-refractivity contribution in [2.45, 2.75) is 75.4 Å². The van der Waals surface area contributed by atoms with Crippen LogP contribution in [0.5, 0.6) is 0 Å². The third-order valence-electron chi connectivity index (χ3n) is 10.0. The largest absolute Gasteiger partial charge is 0.337 e. The molecule has 7 heteroatoms. The van der Waals surface area contributed by atoms with Crippen LogP contribution in [0, 0.1) is 6.92 Å². The lowest BCUT2D eigenvalue weighted by Gasteiger charge is -2.45. The number of amides is 1. The highest BCUT2D eigenvalue weighted by atomic mass is 16.2. The molecule has 0 radical (unpaired) electrons. The monoisotopic (exact) mass is 534 g/mol. The molecule has 3 saturated heterocycles. The first-order valence-corrected chi connectivity index (χ1v) is 14.9. The molecule has 7 rings (SSSR count). The maximum Gasteiger partial charge on any atom is 0.274 e. The maximum absolute atomic E-state index is 13.1. The van der Waals surface area contributed by atoms with E-state index in [1.165, 1.54) is 36.8 Å². The van der Waals surface area contributed by atoms with Crippen molar-refractivity contribution in [2.75, 3.05) is 19.6 Å². The molecule has 0 spiro atoms. The number of hydrogen-bond donors (Lipinski definition) is 0. The van der Waals surface area contributed by atoms with Crippen LogP contribution in [0.25, 0.3) is 11.0 Å². The van der Waals surface area contributed by atoms with Crippen LogP contribution >= 0.6 is 0 Å². The number of carbonyl (C=O) groups is 1. The highest BCUT2D eigenvalue weighted by Gasteiger charge is 2.44. The molecule has 2 bridgehead atoms. The molecule has 2 aromatic carbocycles. The first-order valence-electron chi connectivity index (χ1n) is 14.9. The zero-order chi connectivity index (χ0) is 27.1. The number of fused-ring (bicyclic) bond motifs is 3. The molecule has 1 amide bonds. The number of aryl methyl sites for hydroxylation is 1. The third-order valence-corrected chi connectivity index (χ3v) is 10.0. The van der Waals surface area contributed by atoms with E-state index in [9.17, 15) is 4.79 Å². The van der Waals surface area contributed by atoms with E-state index < -0.39 is 0 Å². The Balaban J connectivity index is 1.07. The molecule has 3 fully saturated rings. The summed E-state index contributed by atoms with van der Waals surface area (Å²) in [4.78, 5) is 31.1. The first-order chi connectivity index (χ1) is 19.6. The standard InChI is InChI=1S/C33H38N6O/c1-24-36-29-9-5-6-10-31(29)39(24)28-21-26-11-12-27(22-28)38(26)20-15-33(25-7-3-2-4-8-25)13-18-37(19-14-33)32(40)30-23-34-16-17-35-30/h2-10,16-17,23,26-28H,11-15,18-22H2,1H3. The molecule has 206 valence electrons. The lowest BCUT2D eigenvalue weighted by Crippen LogP contribution is -2.49. The number of carbonyl (C=O) groups excluding carboxylic acids is 1. The zero-order valence-corrected chi connectivity index (χ0v) is 23.3. The van der Waals surface area contributed by atoms with Crippen LogP contribution in [-0.2, 0) is 5.41 Å². The highest BCUT2D eigenvalue weighted by molar-refractivity contribution is 5.92. The molecule has 2 atom stereocenters. The van der Waals surface area contributed by atoms with E-state index in [4.69, 9.17) is 4.98 Å². The van der Waals surface area contributed by atoms with Gasteiger partial charge in [-0.1, -0.05) is 42.5 Å². The van der Waals surface area contributed by atoms with Gasteiger partial charge in [-0.05, 0) is 81.5 Å². The molecule has 40 heavy (non-hydrogen) atoms. The molecule has 0 N–H and O–H groups in total. The fourth-order valence-corrected chi connectivity index (χ4v) is 7.97. The van der Waals surface area contributed by atoms with Gasteiger partial charge in [-0.2, -0.15) is 0 Å². The maximum atomic E-state index is 13.1. The van der Waals surface area contributed by atoms with Crippen molar-refractivity contribution in [3.63, 3.8) is 0 Å². The zero-order valence-electron chi connectivity index (χ0n) is 23.3. The van der Waals surface area contributed by atoms with Crippen LogP contribution in [0.15, 0.2) is 73.2 Å². The number of hydrogen-bond acceptors (Lipinski definition) is 5. The molecule has 3 aliphatic rings. The van der Waals surface area contributed by atoms with Gasteiger partial charge in [0.25, 0.3) is 5.91 Å². The summed E-state index contributed by atoms with van der Waals surface area (Å²) < 4.78 is 2.52. The quantitative estimate of drug-likeness (QED) is 0.324. The van der Waals surface area contributed by atoms with Crippen molar-refractivity contribution in [1.29, 1.82) is 0 Å². The van der Waals surface area contributed by atoms with E-state index in [1.54, 1.807) is 18.6 Å². The molecular formula is C33H38N6O. The van der Waals surface area contributed by atoms with E-state index in [1.807, 2.05) is 4.90 Å².